The minimum atomic E-state index is -0.170. The van der Waals surface area contributed by atoms with Crippen LogP contribution in [0.5, 0.6) is 0 Å². The molecule has 1 aliphatic rings. The van der Waals surface area contributed by atoms with E-state index >= 15 is 0 Å². The number of β-amino-alcohol motifs (C(OH)–C–C–N with tert-alkyl or cyclic N) is 1. The Morgan fingerprint density at radius 3 is 2.87 bits per heavy atom. The van der Waals surface area contributed by atoms with E-state index in [1.807, 2.05) is 0 Å². The molecule has 3 heteroatoms. The average Bonchev–Trinajstić information content (AvgIpc) is 2.65. The van der Waals surface area contributed by atoms with Gasteiger partial charge in [-0.25, -0.2) is 0 Å². The van der Waals surface area contributed by atoms with Gasteiger partial charge in [0.25, 0.3) is 0 Å². The first-order valence-electron chi connectivity index (χ1n) is 6.06. The molecule has 0 aromatic carbocycles. The van der Waals surface area contributed by atoms with Crippen LogP contribution in [0.1, 0.15) is 26.7 Å². The van der Waals surface area contributed by atoms with Gasteiger partial charge in [0.05, 0.1) is 12.7 Å². The largest absolute Gasteiger partial charge is 0.392 e. The van der Waals surface area contributed by atoms with Gasteiger partial charge < -0.3 is 14.7 Å². The van der Waals surface area contributed by atoms with Crippen LogP contribution in [0, 0.1) is 11.8 Å². The molecule has 0 radical (unpaired) electrons. The summed E-state index contributed by atoms with van der Waals surface area (Å²) in [6.07, 6.45) is 2.09. The van der Waals surface area contributed by atoms with Crippen molar-refractivity contribution in [3.8, 4) is 0 Å². The van der Waals surface area contributed by atoms with Gasteiger partial charge in [-0.3, -0.25) is 0 Å². The van der Waals surface area contributed by atoms with Gasteiger partial charge >= 0.3 is 0 Å². The molecule has 1 saturated heterocycles. The summed E-state index contributed by atoms with van der Waals surface area (Å²) in [5.74, 6) is 1.07. The normalized spacial score (nSPS) is 26.8. The van der Waals surface area contributed by atoms with Crippen molar-refractivity contribution in [1.29, 1.82) is 0 Å². The lowest BCUT2D eigenvalue weighted by molar-refractivity contribution is 0.0731. The predicted octanol–water partition coefficient (Wildman–Crippen LogP) is 1.36. The minimum absolute atomic E-state index is 0.170. The van der Waals surface area contributed by atoms with Crippen LogP contribution < -0.4 is 0 Å². The Labute approximate surface area is 93.4 Å². The van der Waals surface area contributed by atoms with Crippen molar-refractivity contribution in [3.63, 3.8) is 0 Å². The van der Waals surface area contributed by atoms with Crippen molar-refractivity contribution in [1.82, 2.24) is 4.90 Å². The fraction of sp³-hybridized carbons (Fsp3) is 1.00. The van der Waals surface area contributed by atoms with Crippen LogP contribution in [0.4, 0.5) is 0 Å². The first-order valence-corrected chi connectivity index (χ1v) is 6.06. The van der Waals surface area contributed by atoms with Crippen LogP contribution in [0.15, 0.2) is 0 Å². The third-order valence-electron chi connectivity index (χ3n) is 3.52. The monoisotopic (exact) mass is 215 g/mol. The molecule has 0 aliphatic carbocycles. The first kappa shape index (κ1) is 12.9. The SMILES string of the molecule is CCC(C)C(O)CN1CCC(COC)C1. The number of rotatable bonds is 6. The van der Waals surface area contributed by atoms with Crippen molar-refractivity contribution < 1.29 is 9.84 Å². The molecule has 1 fully saturated rings. The topological polar surface area (TPSA) is 32.7 Å². The van der Waals surface area contributed by atoms with Crippen LogP contribution in [0.25, 0.3) is 0 Å². The van der Waals surface area contributed by atoms with Crippen molar-refractivity contribution in [3.05, 3.63) is 0 Å². The highest BCUT2D eigenvalue weighted by molar-refractivity contribution is 4.78. The summed E-state index contributed by atoms with van der Waals surface area (Å²) in [5.41, 5.74) is 0. The number of aliphatic hydroxyl groups excluding tert-OH is 1. The molecule has 3 nitrogen and oxygen atoms in total. The Hall–Kier alpha value is -0.120. The number of likely N-dealkylation sites (tertiary alicyclic amines) is 1. The van der Waals surface area contributed by atoms with Crippen LogP contribution in [0.3, 0.4) is 0 Å². The summed E-state index contributed by atoms with van der Waals surface area (Å²) < 4.78 is 5.16. The lowest BCUT2D eigenvalue weighted by Crippen LogP contribution is -2.34. The van der Waals surface area contributed by atoms with Gasteiger partial charge in [0.15, 0.2) is 0 Å². The van der Waals surface area contributed by atoms with E-state index in [2.05, 4.69) is 18.7 Å². The van der Waals surface area contributed by atoms with E-state index in [1.165, 1.54) is 6.42 Å². The Kier molecular flexibility index (Phi) is 5.58. The Balaban J connectivity index is 2.23. The molecule has 0 bridgehead atoms. The van der Waals surface area contributed by atoms with Crippen LogP contribution in [-0.4, -0.2) is 49.5 Å². The maximum absolute atomic E-state index is 9.92. The van der Waals surface area contributed by atoms with E-state index in [0.717, 1.165) is 32.7 Å². The second-order valence-electron chi connectivity index (χ2n) is 4.82. The summed E-state index contributed by atoms with van der Waals surface area (Å²) in [6.45, 7) is 8.13. The standard InChI is InChI=1S/C12H25NO2/c1-4-10(2)12(14)8-13-6-5-11(7-13)9-15-3/h10-12,14H,4-9H2,1-3H3. The van der Waals surface area contributed by atoms with E-state index in [9.17, 15) is 5.11 Å². The van der Waals surface area contributed by atoms with E-state index in [4.69, 9.17) is 4.74 Å². The predicted molar refractivity (Wildman–Crippen MR) is 61.9 cm³/mol. The summed E-state index contributed by atoms with van der Waals surface area (Å²) in [5, 5.41) is 9.92. The maximum Gasteiger partial charge on any atom is 0.0692 e. The molecule has 0 aromatic rings. The number of hydrogen-bond acceptors (Lipinski definition) is 3. The smallest absolute Gasteiger partial charge is 0.0692 e. The lowest BCUT2D eigenvalue weighted by Gasteiger charge is -2.23. The molecule has 0 amide bonds. The zero-order valence-corrected chi connectivity index (χ0v) is 10.3. The quantitative estimate of drug-likeness (QED) is 0.726. The molecule has 3 atom stereocenters. The molecule has 3 unspecified atom stereocenters. The summed E-state index contributed by atoms with van der Waals surface area (Å²) in [6, 6.07) is 0. The first-order chi connectivity index (χ1) is 7.17. The van der Waals surface area contributed by atoms with E-state index in [0.29, 0.717) is 11.8 Å². The van der Waals surface area contributed by atoms with E-state index in [-0.39, 0.29) is 6.10 Å². The van der Waals surface area contributed by atoms with Crippen LogP contribution in [-0.2, 0) is 4.74 Å². The third-order valence-corrected chi connectivity index (χ3v) is 3.52. The molecule has 1 N–H and O–H groups in total. The van der Waals surface area contributed by atoms with Crippen molar-refractivity contribution in [2.24, 2.45) is 11.8 Å². The van der Waals surface area contributed by atoms with Crippen LogP contribution in [0.2, 0.25) is 0 Å². The highest BCUT2D eigenvalue weighted by atomic mass is 16.5. The lowest BCUT2D eigenvalue weighted by atomic mass is 10.0. The molecular formula is C12H25NO2. The van der Waals surface area contributed by atoms with Gasteiger partial charge in [0.1, 0.15) is 0 Å². The Bertz CT molecular complexity index is 175. The number of hydrogen-bond donors (Lipinski definition) is 1. The number of ether oxygens (including phenoxy) is 1. The molecule has 1 rings (SSSR count). The van der Waals surface area contributed by atoms with Crippen molar-refractivity contribution in [2.45, 2.75) is 32.8 Å². The molecule has 1 heterocycles. The molecule has 1 aliphatic heterocycles. The average molecular weight is 215 g/mol. The van der Waals surface area contributed by atoms with Gasteiger partial charge in [0.2, 0.25) is 0 Å². The zero-order chi connectivity index (χ0) is 11.3. The van der Waals surface area contributed by atoms with Gasteiger partial charge in [-0.05, 0) is 24.8 Å². The van der Waals surface area contributed by atoms with E-state index < -0.39 is 0 Å². The molecule has 0 aromatic heterocycles. The van der Waals surface area contributed by atoms with Crippen molar-refractivity contribution in [2.75, 3.05) is 33.4 Å². The van der Waals surface area contributed by atoms with Crippen molar-refractivity contribution >= 4 is 0 Å². The van der Waals surface area contributed by atoms with Gasteiger partial charge in [-0.15, -0.1) is 0 Å². The Morgan fingerprint density at radius 1 is 1.53 bits per heavy atom. The second kappa shape index (κ2) is 6.46. The van der Waals surface area contributed by atoms with Gasteiger partial charge in [0, 0.05) is 20.2 Å². The fourth-order valence-corrected chi connectivity index (χ4v) is 2.17. The summed E-state index contributed by atoms with van der Waals surface area (Å²) >= 11 is 0. The number of aliphatic hydroxyl groups is 1. The number of methoxy groups -OCH3 is 1. The zero-order valence-electron chi connectivity index (χ0n) is 10.3. The molecule has 15 heavy (non-hydrogen) atoms. The highest BCUT2D eigenvalue weighted by Crippen LogP contribution is 2.18. The molecular weight excluding hydrogens is 190 g/mol. The second-order valence-corrected chi connectivity index (χ2v) is 4.82. The maximum atomic E-state index is 9.92. The van der Waals surface area contributed by atoms with E-state index in [1.54, 1.807) is 7.11 Å². The molecule has 0 spiro atoms. The molecule has 90 valence electrons. The van der Waals surface area contributed by atoms with Crippen LogP contribution >= 0.6 is 0 Å². The number of nitrogens with zero attached hydrogens (tertiary/aromatic N) is 1. The fourth-order valence-electron chi connectivity index (χ4n) is 2.17. The van der Waals surface area contributed by atoms with Gasteiger partial charge in [-0.2, -0.15) is 0 Å². The Morgan fingerprint density at radius 2 is 2.27 bits per heavy atom. The highest BCUT2D eigenvalue weighted by Gasteiger charge is 2.25. The summed E-state index contributed by atoms with van der Waals surface area (Å²) in [4.78, 5) is 2.36. The molecule has 0 saturated carbocycles. The minimum Gasteiger partial charge on any atom is -0.392 e. The third kappa shape index (κ3) is 4.09. The summed E-state index contributed by atoms with van der Waals surface area (Å²) in [7, 11) is 1.76. The van der Waals surface area contributed by atoms with Gasteiger partial charge in [-0.1, -0.05) is 20.3 Å².